The van der Waals surface area contributed by atoms with E-state index in [0.717, 1.165) is 0 Å². The van der Waals surface area contributed by atoms with Crippen LogP contribution in [0.3, 0.4) is 0 Å². The quantitative estimate of drug-likeness (QED) is 0.732. The highest BCUT2D eigenvalue weighted by Crippen LogP contribution is 2.32. The summed E-state index contributed by atoms with van der Waals surface area (Å²) in [4.78, 5) is 14.3. The van der Waals surface area contributed by atoms with Crippen LogP contribution >= 0.6 is 23.2 Å². The van der Waals surface area contributed by atoms with E-state index in [0.29, 0.717) is 39.1 Å². The molecular formula is C17H19Cl2N3O4S. The predicted octanol–water partition coefficient (Wildman–Crippen LogP) is 2.39. The lowest BCUT2D eigenvalue weighted by Gasteiger charge is -2.30. The highest BCUT2D eigenvalue weighted by molar-refractivity contribution is 7.89. The SMILES string of the molecule is N#CC1CCN(C(=O)c2cc(S(=O)(=O)N3CCOCC3)c(Cl)cc2Cl)CC1. The Labute approximate surface area is 168 Å². The summed E-state index contributed by atoms with van der Waals surface area (Å²) in [5, 5.41) is 9.07. The first kappa shape index (κ1) is 20.4. The summed E-state index contributed by atoms with van der Waals surface area (Å²) in [7, 11) is -3.86. The van der Waals surface area contributed by atoms with Crippen LogP contribution in [0, 0.1) is 17.2 Å². The van der Waals surface area contributed by atoms with Gasteiger partial charge in [0.15, 0.2) is 0 Å². The van der Waals surface area contributed by atoms with Gasteiger partial charge in [-0.05, 0) is 25.0 Å². The molecule has 0 bridgehead atoms. The second kappa shape index (κ2) is 8.33. The number of sulfonamides is 1. The van der Waals surface area contributed by atoms with Gasteiger partial charge in [-0.2, -0.15) is 9.57 Å². The van der Waals surface area contributed by atoms with Crippen molar-refractivity contribution in [3.8, 4) is 6.07 Å². The van der Waals surface area contributed by atoms with E-state index < -0.39 is 10.0 Å². The molecule has 2 aliphatic rings. The fourth-order valence-corrected chi connectivity index (χ4v) is 5.44. The van der Waals surface area contributed by atoms with Crippen LogP contribution in [0.2, 0.25) is 10.0 Å². The van der Waals surface area contributed by atoms with Crippen LogP contribution in [0.4, 0.5) is 0 Å². The third kappa shape index (κ3) is 4.23. The van der Waals surface area contributed by atoms with Crippen LogP contribution in [0.5, 0.6) is 0 Å². The number of likely N-dealkylation sites (tertiary alicyclic amines) is 1. The number of halogens is 2. The number of ether oxygens (including phenoxy) is 1. The predicted molar refractivity (Wildman–Crippen MR) is 100 cm³/mol. The second-order valence-corrected chi connectivity index (χ2v) is 9.20. The number of nitrogens with zero attached hydrogens (tertiary/aromatic N) is 3. The Morgan fingerprint density at radius 2 is 1.74 bits per heavy atom. The van der Waals surface area contributed by atoms with Crippen molar-refractivity contribution in [3.05, 3.63) is 27.7 Å². The van der Waals surface area contributed by atoms with Crippen molar-refractivity contribution in [2.45, 2.75) is 17.7 Å². The Balaban J connectivity index is 1.90. The third-order valence-corrected chi connectivity index (χ3v) is 7.48. The zero-order valence-electron chi connectivity index (χ0n) is 14.5. The molecule has 2 fully saturated rings. The third-order valence-electron chi connectivity index (χ3n) is 4.80. The first-order valence-electron chi connectivity index (χ1n) is 8.60. The fraction of sp³-hybridized carbons (Fsp3) is 0.529. The number of hydrogen-bond acceptors (Lipinski definition) is 5. The van der Waals surface area contributed by atoms with E-state index in [4.69, 9.17) is 33.2 Å². The molecule has 27 heavy (non-hydrogen) atoms. The minimum absolute atomic E-state index is 0.0220. The van der Waals surface area contributed by atoms with E-state index in [1.165, 1.54) is 16.4 Å². The van der Waals surface area contributed by atoms with Crippen LogP contribution < -0.4 is 0 Å². The number of hydrogen-bond donors (Lipinski definition) is 0. The summed E-state index contributed by atoms with van der Waals surface area (Å²) in [6, 6.07) is 4.77. The zero-order chi connectivity index (χ0) is 19.6. The molecule has 0 radical (unpaired) electrons. The van der Waals surface area contributed by atoms with Gasteiger partial charge in [-0.15, -0.1) is 0 Å². The van der Waals surface area contributed by atoms with Gasteiger partial charge >= 0.3 is 0 Å². The number of rotatable bonds is 3. The second-order valence-electron chi connectivity index (χ2n) is 6.47. The van der Waals surface area contributed by atoms with Gasteiger partial charge in [0.05, 0.1) is 34.9 Å². The molecule has 1 aromatic rings. The van der Waals surface area contributed by atoms with Gasteiger partial charge in [0.25, 0.3) is 5.91 Å². The maximum atomic E-state index is 12.9. The van der Waals surface area contributed by atoms with Crippen molar-refractivity contribution in [3.63, 3.8) is 0 Å². The summed E-state index contributed by atoms with van der Waals surface area (Å²) < 4.78 is 32.4. The van der Waals surface area contributed by atoms with Crippen LogP contribution in [0.25, 0.3) is 0 Å². The standard InChI is InChI=1S/C17H19Cl2N3O4S/c18-14-10-15(19)16(27(24,25)22-5-7-26-8-6-22)9-13(14)17(23)21-3-1-12(11-20)2-4-21/h9-10,12H,1-8H2. The van der Waals surface area contributed by atoms with Crippen molar-refractivity contribution < 1.29 is 17.9 Å². The number of benzene rings is 1. The molecule has 146 valence electrons. The van der Waals surface area contributed by atoms with Gasteiger partial charge in [-0.3, -0.25) is 4.79 Å². The number of nitriles is 1. The Morgan fingerprint density at radius 3 is 2.33 bits per heavy atom. The first-order valence-corrected chi connectivity index (χ1v) is 10.8. The van der Waals surface area contributed by atoms with Crippen molar-refractivity contribution in [1.82, 2.24) is 9.21 Å². The molecule has 0 atom stereocenters. The molecule has 0 unspecified atom stereocenters. The molecule has 0 spiro atoms. The number of amides is 1. The molecule has 0 saturated carbocycles. The molecule has 1 amide bonds. The van der Waals surface area contributed by atoms with E-state index in [2.05, 4.69) is 6.07 Å². The van der Waals surface area contributed by atoms with Gasteiger partial charge in [0, 0.05) is 32.1 Å². The molecule has 7 nitrogen and oxygen atoms in total. The van der Waals surface area contributed by atoms with Gasteiger partial charge in [0.1, 0.15) is 4.90 Å². The Morgan fingerprint density at radius 1 is 1.11 bits per heavy atom. The van der Waals surface area contributed by atoms with Crippen LogP contribution in [0.15, 0.2) is 17.0 Å². The van der Waals surface area contributed by atoms with Gasteiger partial charge in [-0.1, -0.05) is 23.2 Å². The maximum absolute atomic E-state index is 12.9. The summed E-state index contributed by atoms with van der Waals surface area (Å²) in [6.07, 6.45) is 1.18. The van der Waals surface area contributed by atoms with E-state index in [9.17, 15) is 13.2 Å². The maximum Gasteiger partial charge on any atom is 0.255 e. The highest BCUT2D eigenvalue weighted by atomic mass is 35.5. The normalized spacial score (nSPS) is 19.7. The van der Waals surface area contributed by atoms with E-state index in [-0.39, 0.29) is 45.4 Å². The lowest BCUT2D eigenvalue weighted by Crippen LogP contribution is -2.41. The average Bonchev–Trinajstić information content (AvgIpc) is 2.68. The van der Waals surface area contributed by atoms with Gasteiger partial charge in [0.2, 0.25) is 10.0 Å². The van der Waals surface area contributed by atoms with Crippen LogP contribution in [-0.2, 0) is 14.8 Å². The van der Waals surface area contributed by atoms with Gasteiger partial charge < -0.3 is 9.64 Å². The molecule has 0 aromatic heterocycles. The molecule has 0 aliphatic carbocycles. The van der Waals surface area contributed by atoms with E-state index >= 15 is 0 Å². The number of carbonyl (C=O) groups excluding carboxylic acids is 1. The zero-order valence-corrected chi connectivity index (χ0v) is 16.9. The summed E-state index contributed by atoms with van der Waals surface area (Å²) in [5.74, 6) is -0.418. The largest absolute Gasteiger partial charge is 0.379 e. The van der Waals surface area contributed by atoms with Gasteiger partial charge in [-0.25, -0.2) is 8.42 Å². The minimum Gasteiger partial charge on any atom is -0.379 e. The number of morpholine rings is 1. The lowest BCUT2D eigenvalue weighted by atomic mass is 9.98. The molecule has 0 N–H and O–H groups in total. The number of piperidine rings is 1. The van der Waals surface area contributed by atoms with Crippen molar-refractivity contribution in [1.29, 1.82) is 5.26 Å². The molecule has 2 aliphatic heterocycles. The Bertz CT molecular complexity index is 871. The molecule has 10 heteroatoms. The molecule has 2 saturated heterocycles. The number of carbonyl (C=O) groups is 1. The Kier molecular flexibility index (Phi) is 6.28. The van der Waals surface area contributed by atoms with Crippen LogP contribution in [0.1, 0.15) is 23.2 Å². The average molecular weight is 432 g/mol. The van der Waals surface area contributed by atoms with E-state index in [1.54, 1.807) is 4.90 Å². The Hall–Kier alpha value is -1.37. The molecular weight excluding hydrogens is 413 g/mol. The van der Waals surface area contributed by atoms with Crippen molar-refractivity contribution in [2.75, 3.05) is 39.4 Å². The topological polar surface area (TPSA) is 90.7 Å². The van der Waals surface area contributed by atoms with Crippen molar-refractivity contribution >= 4 is 39.1 Å². The molecule has 1 aromatic carbocycles. The first-order chi connectivity index (χ1) is 12.8. The highest BCUT2D eigenvalue weighted by Gasteiger charge is 2.31. The van der Waals surface area contributed by atoms with Crippen LogP contribution in [-0.4, -0.2) is 62.9 Å². The molecule has 2 heterocycles. The molecule has 3 rings (SSSR count). The smallest absolute Gasteiger partial charge is 0.255 e. The summed E-state index contributed by atoms with van der Waals surface area (Å²) >= 11 is 12.3. The van der Waals surface area contributed by atoms with Crippen molar-refractivity contribution in [2.24, 2.45) is 5.92 Å². The minimum atomic E-state index is -3.86. The summed E-state index contributed by atoms with van der Waals surface area (Å²) in [6.45, 7) is 1.94. The lowest BCUT2D eigenvalue weighted by molar-refractivity contribution is 0.0706. The summed E-state index contributed by atoms with van der Waals surface area (Å²) in [5.41, 5.74) is 0.100. The fourth-order valence-electron chi connectivity index (χ4n) is 3.20. The monoisotopic (exact) mass is 431 g/mol. The van der Waals surface area contributed by atoms with E-state index in [1.807, 2.05) is 0 Å².